The monoisotopic (exact) mass is 511 g/mol. The lowest BCUT2D eigenvalue weighted by Gasteiger charge is -2.28. The molecule has 0 N–H and O–H groups in total. The van der Waals surface area contributed by atoms with Crippen molar-refractivity contribution in [2.24, 2.45) is 0 Å². The SMILES string of the molecule is C[C@H]1CCCN1CCCOc1ccc(N2C(=O)C(I)C[C@H]2CN2CCCC2)cc1. The largest absolute Gasteiger partial charge is 0.494 e. The predicted octanol–water partition coefficient (Wildman–Crippen LogP) is 3.94. The summed E-state index contributed by atoms with van der Waals surface area (Å²) in [6.45, 7) is 8.77. The van der Waals surface area contributed by atoms with E-state index < -0.39 is 0 Å². The molecule has 3 heterocycles. The number of halogens is 1. The average Bonchev–Trinajstić information content (AvgIpc) is 3.43. The second-order valence-corrected chi connectivity index (χ2v) is 10.3. The van der Waals surface area contributed by atoms with Gasteiger partial charge in [-0.2, -0.15) is 0 Å². The molecule has 0 saturated carbocycles. The van der Waals surface area contributed by atoms with E-state index in [0.29, 0.717) is 0 Å². The fourth-order valence-electron chi connectivity index (χ4n) is 5.02. The van der Waals surface area contributed by atoms with Crippen molar-refractivity contribution >= 4 is 34.2 Å². The van der Waals surface area contributed by atoms with Crippen LogP contribution < -0.4 is 9.64 Å². The Morgan fingerprint density at radius 2 is 1.86 bits per heavy atom. The van der Waals surface area contributed by atoms with Gasteiger partial charge in [0.15, 0.2) is 0 Å². The summed E-state index contributed by atoms with van der Waals surface area (Å²) in [5.41, 5.74) is 1.01. The molecule has 0 bridgehead atoms. The van der Waals surface area contributed by atoms with Crippen LogP contribution in [0.1, 0.15) is 45.4 Å². The first-order valence-electron chi connectivity index (χ1n) is 11.3. The number of hydrogen-bond donors (Lipinski definition) is 0. The molecule has 1 aromatic rings. The first-order chi connectivity index (χ1) is 14.1. The lowest BCUT2D eigenvalue weighted by Crippen LogP contribution is -2.41. The van der Waals surface area contributed by atoms with Gasteiger partial charge in [0.05, 0.1) is 16.6 Å². The number of benzene rings is 1. The minimum Gasteiger partial charge on any atom is -0.494 e. The molecule has 3 aliphatic heterocycles. The molecule has 160 valence electrons. The minimum absolute atomic E-state index is 0.0871. The summed E-state index contributed by atoms with van der Waals surface area (Å²) >= 11 is 2.31. The number of carbonyl (C=O) groups is 1. The number of anilines is 1. The molecule has 5 nitrogen and oxygen atoms in total. The maximum atomic E-state index is 12.8. The zero-order chi connectivity index (χ0) is 20.2. The highest BCUT2D eigenvalue weighted by molar-refractivity contribution is 14.1. The minimum atomic E-state index is 0.0871. The lowest BCUT2D eigenvalue weighted by molar-refractivity contribution is -0.116. The highest BCUT2D eigenvalue weighted by Gasteiger charge is 2.39. The summed E-state index contributed by atoms with van der Waals surface area (Å²) in [6.07, 6.45) is 7.24. The van der Waals surface area contributed by atoms with Gasteiger partial charge in [-0.15, -0.1) is 0 Å². The van der Waals surface area contributed by atoms with E-state index in [1.54, 1.807) is 0 Å². The van der Waals surface area contributed by atoms with E-state index in [0.717, 1.165) is 50.0 Å². The summed E-state index contributed by atoms with van der Waals surface area (Å²) in [4.78, 5) is 19.9. The van der Waals surface area contributed by atoms with Gasteiger partial charge in [0.25, 0.3) is 0 Å². The van der Waals surface area contributed by atoms with E-state index >= 15 is 0 Å². The van der Waals surface area contributed by atoms with Gasteiger partial charge < -0.3 is 19.4 Å². The van der Waals surface area contributed by atoms with Crippen LogP contribution in [0.15, 0.2) is 24.3 Å². The molecule has 6 heteroatoms. The third-order valence-electron chi connectivity index (χ3n) is 6.68. The Balaban J connectivity index is 1.30. The molecule has 0 aromatic heterocycles. The van der Waals surface area contributed by atoms with Gasteiger partial charge in [0.1, 0.15) is 5.75 Å². The normalized spacial score (nSPS) is 28.6. The summed E-state index contributed by atoms with van der Waals surface area (Å²) in [5, 5.41) is 0. The van der Waals surface area contributed by atoms with E-state index in [1.807, 2.05) is 17.0 Å². The van der Waals surface area contributed by atoms with Crippen molar-refractivity contribution in [3.8, 4) is 5.75 Å². The number of nitrogens with zero attached hydrogens (tertiary/aromatic N) is 3. The van der Waals surface area contributed by atoms with E-state index in [4.69, 9.17) is 4.74 Å². The van der Waals surface area contributed by atoms with Gasteiger partial charge in [0.2, 0.25) is 5.91 Å². The van der Waals surface area contributed by atoms with Gasteiger partial charge in [-0.25, -0.2) is 0 Å². The van der Waals surface area contributed by atoms with Crippen molar-refractivity contribution in [2.75, 3.05) is 44.2 Å². The van der Waals surface area contributed by atoms with Crippen LogP contribution in [0.5, 0.6) is 5.75 Å². The van der Waals surface area contributed by atoms with Gasteiger partial charge in [-0.1, -0.05) is 22.6 Å². The Kier molecular flexibility index (Phi) is 7.34. The number of amides is 1. The molecule has 4 rings (SSSR count). The molecular weight excluding hydrogens is 477 g/mol. The van der Waals surface area contributed by atoms with Crippen molar-refractivity contribution in [1.29, 1.82) is 0 Å². The van der Waals surface area contributed by atoms with Gasteiger partial charge in [0, 0.05) is 24.8 Å². The van der Waals surface area contributed by atoms with Crippen LogP contribution in [-0.2, 0) is 4.79 Å². The standard InChI is InChI=1S/C23H34IN3O2/c1-18-6-4-13-26(18)14-5-15-29-21-9-7-19(8-10-21)27-20(16-22(24)23(27)28)17-25-11-2-3-12-25/h7-10,18,20,22H,2-6,11-17H2,1H3/t18-,20-,22?/m0/s1. The van der Waals surface area contributed by atoms with Crippen molar-refractivity contribution in [3.63, 3.8) is 0 Å². The number of rotatable bonds is 8. The Bertz CT molecular complexity index is 677. The van der Waals surface area contributed by atoms with Gasteiger partial charge in [-0.3, -0.25) is 4.79 Å². The Hall–Kier alpha value is -0.860. The van der Waals surface area contributed by atoms with Crippen LogP contribution in [0, 0.1) is 0 Å². The van der Waals surface area contributed by atoms with Crippen LogP contribution in [0.3, 0.4) is 0 Å². The molecule has 0 radical (unpaired) electrons. The maximum absolute atomic E-state index is 12.8. The second kappa shape index (κ2) is 9.96. The van der Waals surface area contributed by atoms with Crippen molar-refractivity contribution in [3.05, 3.63) is 24.3 Å². The number of alkyl halides is 1. The zero-order valence-corrected chi connectivity index (χ0v) is 19.7. The molecule has 0 aliphatic carbocycles. The summed E-state index contributed by atoms with van der Waals surface area (Å²) in [7, 11) is 0. The van der Waals surface area contributed by atoms with Gasteiger partial charge >= 0.3 is 0 Å². The molecule has 1 unspecified atom stereocenters. The molecule has 1 aromatic carbocycles. The highest BCUT2D eigenvalue weighted by atomic mass is 127. The molecular formula is C23H34IN3O2. The Morgan fingerprint density at radius 1 is 1.10 bits per heavy atom. The summed E-state index contributed by atoms with van der Waals surface area (Å²) in [6, 6.07) is 9.17. The number of carbonyl (C=O) groups excluding carboxylic acids is 1. The number of ether oxygens (including phenoxy) is 1. The zero-order valence-electron chi connectivity index (χ0n) is 17.6. The van der Waals surface area contributed by atoms with Crippen molar-refractivity contribution < 1.29 is 9.53 Å². The van der Waals surface area contributed by atoms with Crippen LogP contribution in [0.4, 0.5) is 5.69 Å². The van der Waals surface area contributed by atoms with Crippen LogP contribution in [-0.4, -0.2) is 71.0 Å². The first-order valence-corrected chi connectivity index (χ1v) is 12.5. The molecule has 3 saturated heterocycles. The third kappa shape index (κ3) is 5.25. The van der Waals surface area contributed by atoms with Crippen LogP contribution in [0.25, 0.3) is 0 Å². The average molecular weight is 511 g/mol. The molecule has 3 atom stereocenters. The van der Waals surface area contributed by atoms with E-state index in [-0.39, 0.29) is 15.9 Å². The van der Waals surface area contributed by atoms with E-state index in [1.165, 1.54) is 45.3 Å². The Morgan fingerprint density at radius 3 is 2.55 bits per heavy atom. The fraction of sp³-hybridized carbons (Fsp3) is 0.696. The van der Waals surface area contributed by atoms with E-state index in [2.05, 4.69) is 51.4 Å². The fourth-order valence-corrected chi connectivity index (χ4v) is 5.91. The Labute approximate surface area is 188 Å². The number of hydrogen-bond acceptors (Lipinski definition) is 4. The second-order valence-electron chi connectivity index (χ2n) is 8.80. The van der Waals surface area contributed by atoms with E-state index in [9.17, 15) is 4.79 Å². The summed E-state index contributed by atoms with van der Waals surface area (Å²) in [5.74, 6) is 1.15. The molecule has 3 fully saturated rings. The first kappa shape index (κ1) is 21.4. The van der Waals surface area contributed by atoms with Crippen molar-refractivity contribution in [1.82, 2.24) is 9.80 Å². The molecule has 1 amide bonds. The summed E-state index contributed by atoms with van der Waals surface area (Å²) < 4.78 is 6.05. The molecule has 29 heavy (non-hydrogen) atoms. The van der Waals surface area contributed by atoms with Crippen LogP contribution in [0.2, 0.25) is 0 Å². The lowest BCUT2D eigenvalue weighted by atomic mass is 10.2. The number of likely N-dealkylation sites (tertiary alicyclic amines) is 2. The molecule has 0 spiro atoms. The quantitative estimate of drug-likeness (QED) is 0.301. The predicted molar refractivity (Wildman–Crippen MR) is 126 cm³/mol. The maximum Gasteiger partial charge on any atom is 0.240 e. The third-order valence-corrected chi connectivity index (χ3v) is 7.72. The van der Waals surface area contributed by atoms with Crippen LogP contribution >= 0.6 is 22.6 Å². The van der Waals surface area contributed by atoms with Crippen molar-refractivity contribution in [2.45, 2.75) is 61.5 Å². The molecule has 3 aliphatic rings. The van der Waals surface area contributed by atoms with Gasteiger partial charge in [-0.05, 0) is 89.3 Å². The topological polar surface area (TPSA) is 36.0 Å². The highest BCUT2D eigenvalue weighted by Crippen LogP contribution is 2.32. The smallest absolute Gasteiger partial charge is 0.240 e.